The van der Waals surface area contributed by atoms with Gasteiger partial charge in [0.25, 0.3) is 0 Å². The molecule has 0 aliphatic heterocycles. The molecule has 2 aliphatic carbocycles. The molecule has 14 heavy (non-hydrogen) atoms. The second-order valence-electron chi connectivity index (χ2n) is 4.46. The summed E-state index contributed by atoms with van der Waals surface area (Å²) in [5.74, 6) is 2.07. The van der Waals surface area contributed by atoms with Crippen LogP contribution in [0.1, 0.15) is 19.3 Å². The summed E-state index contributed by atoms with van der Waals surface area (Å²) < 4.78 is 1.05. The van der Waals surface area contributed by atoms with Gasteiger partial charge in [0, 0.05) is 16.7 Å². The van der Waals surface area contributed by atoms with Crippen LogP contribution in [-0.4, -0.2) is 11.0 Å². The number of rotatable bonds is 2. The fraction of sp³-hybridized carbons (Fsp3) is 0.545. The van der Waals surface area contributed by atoms with E-state index in [2.05, 4.69) is 32.3 Å². The van der Waals surface area contributed by atoms with E-state index < -0.39 is 0 Å². The molecular formula is C11H13BrN2. The average Bonchev–Trinajstić information content (AvgIpc) is 2.74. The minimum absolute atomic E-state index is 0.690. The predicted octanol–water partition coefficient (Wildman–Crippen LogP) is 3.05. The Morgan fingerprint density at radius 3 is 2.71 bits per heavy atom. The Balaban J connectivity index is 1.66. The van der Waals surface area contributed by atoms with Gasteiger partial charge in [-0.2, -0.15) is 0 Å². The predicted molar refractivity (Wildman–Crippen MR) is 60.2 cm³/mol. The zero-order valence-corrected chi connectivity index (χ0v) is 9.50. The Labute approximate surface area is 92.2 Å². The fourth-order valence-corrected chi connectivity index (χ4v) is 2.92. The molecule has 1 N–H and O–H groups in total. The van der Waals surface area contributed by atoms with Gasteiger partial charge in [-0.15, -0.1) is 0 Å². The van der Waals surface area contributed by atoms with Gasteiger partial charge in [0.15, 0.2) is 0 Å². The molecule has 2 atom stereocenters. The lowest BCUT2D eigenvalue weighted by atomic mass is 10.1. The van der Waals surface area contributed by atoms with E-state index in [-0.39, 0.29) is 0 Å². The highest BCUT2D eigenvalue weighted by Crippen LogP contribution is 2.52. The first-order chi connectivity index (χ1) is 6.81. The molecule has 0 amide bonds. The smallest absolute Gasteiger partial charge is 0.0540 e. The second kappa shape index (κ2) is 3.23. The van der Waals surface area contributed by atoms with Gasteiger partial charge in [0.2, 0.25) is 0 Å². The first-order valence-corrected chi connectivity index (χ1v) is 5.97. The summed E-state index contributed by atoms with van der Waals surface area (Å²) >= 11 is 3.43. The molecule has 2 aliphatic rings. The Kier molecular flexibility index (Phi) is 2.01. The van der Waals surface area contributed by atoms with Crippen molar-refractivity contribution in [3.63, 3.8) is 0 Å². The number of hydrogen-bond donors (Lipinski definition) is 1. The highest BCUT2D eigenvalue weighted by molar-refractivity contribution is 9.10. The molecule has 74 valence electrons. The quantitative estimate of drug-likeness (QED) is 0.876. The maximum absolute atomic E-state index is 4.15. The molecule has 3 heteroatoms. The van der Waals surface area contributed by atoms with E-state index in [0.29, 0.717) is 6.04 Å². The van der Waals surface area contributed by atoms with Crippen LogP contribution in [0.4, 0.5) is 5.69 Å². The van der Waals surface area contributed by atoms with Crippen LogP contribution in [0.3, 0.4) is 0 Å². The van der Waals surface area contributed by atoms with Gasteiger partial charge in [-0.1, -0.05) is 0 Å². The number of nitrogens with zero attached hydrogens (tertiary/aromatic N) is 1. The van der Waals surface area contributed by atoms with E-state index in [1.807, 2.05) is 12.4 Å². The van der Waals surface area contributed by atoms with Crippen LogP contribution in [0, 0.1) is 11.8 Å². The average molecular weight is 253 g/mol. The van der Waals surface area contributed by atoms with E-state index in [1.165, 1.54) is 19.3 Å². The molecule has 1 heterocycles. The van der Waals surface area contributed by atoms with Crippen LogP contribution in [0.25, 0.3) is 0 Å². The van der Waals surface area contributed by atoms with Gasteiger partial charge in [0.1, 0.15) is 0 Å². The number of halogens is 1. The molecule has 3 rings (SSSR count). The van der Waals surface area contributed by atoms with E-state index >= 15 is 0 Å². The van der Waals surface area contributed by atoms with Crippen molar-refractivity contribution in [3.8, 4) is 0 Å². The topological polar surface area (TPSA) is 24.9 Å². The first kappa shape index (κ1) is 8.72. The summed E-state index contributed by atoms with van der Waals surface area (Å²) in [5.41, 5.74) is 1.14. The van der Waals surface area contributed by atoms with Crippen LogP contribution < -0.4 is 5.32 Å². The van der Waals surface area contributed by atoms with Gasteiger partial charge in [-0.05, 0) is 53.1 Å². The monoisotopic (exact) mass is 252 g/mol. The number of fused-ring (bicyclic) bond motifs is 1. The second-order valence-corrected chi connectivity index (χ2v) is 5.38. The summed E-state index contributed by atoms with van der Waals surface area (Å²) in [6, 6.07) is 2.78. The largest absolute Gasteiger partial charge is 0.381 e. The normalized spacial score (nSPS) is 33.9. The molecule has 0 aromatic carbocycles. The molecule has 2 unspecified atom stereocenters. The third-order valence-electron chi connectivity index (χ3n) is 3.32. The van der Waals surface area contributed by atoms with Crippen LogP contribution in [0.15, 0.2) is 22.9 Å². The van der Waals surface area contributed by atoms with Crippen molar-refractivity contribution in [2.24, 2.45) is 11.8 Å². The summed E-state index contributed by atoms with van der Waals surface area (Å²) in [4.78, 5) is 4.15. The number of nitrogens with one attached hydrogen (secondary N) is 1. The molecular weight excluding hydrogens is 240 g/mol. The van der Waals surface area contributed by atoms with Crippen LogP contribution in [-0.2, 0) is 0 Å². The maximum Gasteiger partial charge on any atom is 0.0540 e. The molecule has 2 saturated carbocycles. The van der Waals surface area contributed by atoms with E-state index in [4.69, 9.17) is 0 Å². The van der Waals surface area contributed by atoms with E-state index in [0.717, 1.165) is 22.0 Å². The molecule has 2 nitrogen and oxygen atoms in total. The Hall–Kier alpha value is -0.570. The highest BCUT2D eigenvalue weighted by atomic mass is 79.9. The van der Waals surface area contributed by atoms with Crippen molar-refractivity contribution < 1.29 is 0 Å². The number of pyridine rings is 1. The van der Waals surface area contributed by atoms with Crippen molar-refractivity contribution in [2.45, 2.75) is 25.3 Å². The lowest BCUT2D eigenvalue weighted by Gasteiger charge is -2.15. The molecule has 2 fully saturated rings. The maximum atomic E-state index is 4.15. The lowest BCUT2D eigenvalue weighted by Crippen LogP contribution is -2.16. The number of anilines is 1. The minimum atomic E-state index is 0.690. The zero-order chi connectivity index (χ0) is 9.54. The Morgan fingerprint density at radius 2 is 2.00 bits per heavy atom. The third-order valence-corrected chi connectivity index (χ3v) is 3.75. The number of aromatic nitrogens is 1. The molecule has 1 aromatic heterocycles. The SMILES string of the molecule is Brc1cncc(NC2CC3CC3C2)c1. The molecule has 0 spiro atoms. The molecule has 0 radical (unpaired) electrons. The van der Waals surface area contributed by atoms with Crippen LogP contribution in [0.5, 0.6) is 0 Å². The van der Waals surface area contributed by atoms with Gasteiger partial charge >= 0.3 is 0 Å². The first-order valence-electron chi connectivity index (χ1n) is 5.18. The fourth-order valence-electron chi connectivity index (χ4n) is 2.56. The molecule has 0 saturated heterocycles. The Morgan fingerprint density at radius 1 is 1.21 bits per heavy atom. The van der Waals surface area contributed by atoms with Crippen LogP contribution in [0.2, 0.25) is 0 Å². The lowest BCUT2D eigenvalue weighted by molar-refractivity contribution is 0.651. The van der Waals surface area contributed by atoms with Crippen molar-refractivity contribution in [3.05, 3.63) is 22.9 Å². The van der Waals surface area contributed by atoms with Gasteiger partial charge in [0.05, 0.1) is 11.9 Å². The highest BCUT2D eigenvalue weighted by Gasteiger charge is 2.45. The minimum Gasteiger partial charge on any atom is -0.381 e. The van der Waals surface area contributed by atoms with Gasteiger partial charge < -0.3 is 5.32 Å². The van der Waals surface area contributed by atoms with E-state index in [9.17, 15) is 0 Å². The standard InChI is InChI=1S/C11H13BrN2/c12-9-4-11(6-13-5-9)14-10-2-7-1-8(7)3-10/h4-8,10,14H,1-3H2. The number of hydrogen-bond acceptors (Lipinski definition) is 2. The van der Waals surface area contributed by atoms with Crippen molar-refractivity contribution in [1.29, 1.82) is 0 Å². The Bertz CT molecular complexity index is 343. The molecule has 0 bridgehead atoms. The van der Waals surface area contributed by atoms with Crippen molar-refractivity contribution in [2.75, 3.05) is 5.32 Å². The van der Waals surface area contributed by atoms with E-state index in [1.54, 1.807) is 0 Å². The summed E-state index contributed by atoms with van der Waals surface area (Å²) in [5, 5.41) is 3.55. The van der Waals surface area contributed by atoms with Gasteiger partial charge in [-0.25, -0.2) is 0 Å². The third kappa shape index (κ3) is 1.65. The molecule has 1 aromatic rings. The summed E-state index contributed by atoms with van der Waals surface area (Å²) in [6.45, 7) is 0. The van der Waals surface area contributed by atoms with Gasteiger partial charge in [-0.3, -0.25) is 4.98 Å². The van der Waals surface area contributed by atoms with Crippen molar-refractivity contribution >= 4 is 21.6 Å². The summed E-state index contributed by atoms with van der Waals surface area (Å²) in [7, 11) is 0. The van der Waals surface area contributed by atoms with Crippen molar-refractivity contribution in [1.82, 2.24) is 4.98 Å². The zero-order valence-electron chi connectivity index (χ0n) is 7.91. The van der Waals surface area contributed by atoms with Crippen LogP contribution >= 0.6 is 15.9 Å². The summed E-state index contributed by atoms with van der Waals surface area (Å²) in [6.07, 6.45) is 7.91.